The molecule has 0 bridgehead atoms. The highest BCUT2D eigenvalue weighted by Gasteiger charge is 2.07. The Balaban J connectivity index is 1.62. The van der Waals surface area contributed by atoms with Gasteiger partial charge in [0.15, 0.2) is 0 Å². The molecule has 0 radical (unpaired) electrons. The van der Waals surface area contributed by atoms with Gasteiger partial charge < -0.3 is 15.0 Å². The molecule has 0 saturated carbocycles. The van der Waals surface area contributed by atoms with E-state index in [1.54, 1.807) is 0 Å². The van der Waals surface area contributed by atoms with Crippen LogP contribution in [0.4, 0.5) is 5.69 Å². The molecule has 0 saturated heterocycles. The van der Waals surface area contributed by atoms with Gasteiger partial charge in [-0.2, -0.15) is 0 Å². The van der Waals surface area contributed by atoms with Crippen molar-refractivity contribution in [1.29, 1.82) is 0 Å². The molecular weight excluding hydrogens is 312 g/mol. The minimum absolute atomic E-state index is 0.0632. The molecule has 1 N–H and O–H groups in total. The van der Waals surface area contributed by atoms with Crippen LogP contribution in [0.5, 0.6) is 5.75 Å². The number of nitrogens with one attached hydrogen (secondary N) is 1. The van der Waals surface area contributed by atoms with Crippen LogP contribution in [0.15, 0.2) is 54.6 Å². The van der Waals surface area contributed by atoms with E-state index in [0.29, 0.717) is 13.0 Å². The summed E-state index contributed by atoms with van der Waals surface area (Å²) in [6.45, 7) is 4.43. The van der Waals surface area contributed by atoms with Crippen LogP contribution in [0.2, 0.25) is 0 Å². The highest BCUT2D eigenvalue weighted by Crippen LogP contribution is 2.15. The first-order valence-corrected chi connectivity index (χ1v) is 8.93. The minimum atomic E-state index is 0.0632. The van der Waals surface area contributed by atoms with Gasteiger partial charge in [0.05, 0.1) is 6.61 Å². The molecule has 4 nitrogen and oxygen atoms in total. The fraction of sp³-hybridized carbons (Fsp3) is 0.381. The Bertz CT molecular complexity index is 643. The third-order valence-electron chi connectivity index (χ3n) is 4.09. The zero-order chi connectivity index (χ0) is 17.9. The summed E-state index contributed by atoms with van der Waals surface area (Å²) in [6, 6.07) is 17.8. The summed E-state index contributed by atoms with van der Waals surface area (Å²) < 4.78 is 5.68. The van der Waals surface area contributed by atoms with E-state index in [1.165, 1.54) is 5.56 Å². The summed E-state index contributed by atoms with van der Waals surface area (Å²) in [6.07, 6.45) is 2.34. The van der Waals surface area contributed by atoms with Gasteiger partial charge in [-0.05, 0) is 43.7 Å². The number of rotatable bonds is 10. The zero-order valence-electron chi connectivity index (χ0n) is 15.2. The number of aryl methyl sites for hydroxylation is 1. The Kier molecular flexibility index (Phi) is 7.99. The molecule has 0 heterocycles. The molecule has 0 aliphatic carbocycles. The van der Waals surface area contributed by atoms with Crippen molar-refractivity contribution in [2.75, 3.05) is 32.1 Å². The third kappa shape index (κ3) is 6.98. The molecule has 0 aromatic heterocycles. The first-order valence-electron chi connectivity index (χ1n) is 8.93. The predicted molar refractivity (Wildman–Crippen MR) is 103 cm³/mol. The first-order chi connectivity index (χ1) is 12.2. The van der Waals surface area contributed by atoms with Gasteiger partial charge in [-0.3, -0.25) is 4.79 Å². The van der Waals surface area contributed by atoms with E-state index in [0.717, 1.165) is 37.4 Å². The molecule has 0 aliphatic rings. The number of carbonyl (C=O) groups excluding carboxylic acids is 1. The maximum Gasteiger partial charge on any atom is 0.225 e. The summed E-state index contributed by atoms with van der Waals surface area (Å²) in [5.74, 6) is 0.965. The Morgan fingerprint density at radius 3 is 2.52 bits per heavy atom. The zero-order valence-corrected chi connectivity index (χ0v) is 15.2. The van der Waals surface area contributed by atoms with Gasteiger partial charge >= 0.3 is 0 Å². The van der Waals surface area contributed by atoms with Gasteiger partial charge in [-0.1, -0.05) is 43.3 Å². The molecule has 134 valence electrons. The van der Waals surface area contributed by atoms with Crippen LogP contribution < -0.4 is 10.1 Å². The molecule has 0 unspecified atom stereocenters. The minimum Gasteiger partial charge on any atom is -0.494 e. The van der Waals surface area contributed by atoms with Crippen LogP contribution in [-0.4, -0.2) is 37.6 Å². The fourth-order valence-electron chi connectivity index (χ4n) is 2.61. The number of hydrogen-bond donors (Lipinski definition) is 1. The lowest BCUT2D eigenvalue weighted by atomic mass is 10.1. The lowest BCUT2D eigenvalue weighted by Gasteiger charge is -2.17. The lowest BCUT2D eigenvalue weighted by Crippen LogP contribution is -2.26. The molecular formula is C21H28N2O2. The summed E-state index contributed by atoms with van der Waals surface area (Å²) in [4.78, 5) is 14.3. The SMILES string of the molecule is CCc1ccccc1NC(=O)CCN(C)CCCOc1ccccc1. The number of hydrogen-bond acceptors (Lipinski definition) is 3. The predicted octanol–water partition coefficient (Wildman–Crippen LogP) is 3.98. The molecule has 2 aromatic carbocycles. The second kappa shape index (κ2) is 10.5. The average molecular weight is 340 g/mol. The molecule has 0 aliphatic heterocycles. The Hall–Kier alpha value is -2.33. The van der Waals surface area contributed by atoms with Gasteiger partial charge in [0.2, 0.25) is 5.91 Å². The van der Waals surface area contributed by atoms with E-state index < -0.39 is 0 Å². The monoisotopic (exact) mass is 340 g/mol. The lowest BCUT2D eigenvalue weighted by molar-refractivity contribution is -0.116. The summed E-state index contributed by atoms with van der Waals surface area (Å²) in [5, 5.41) is 3.02. The highest BCUT2D eigenvalue weighted by molar-refractivity contribution is 5.91. The van der Waals surface area contributed by atoms with Crippen molar-refractivity contribution in [3.63, 3.8) is 0 Å². The van der Waals surface area contributed by atoms with Crippen LogP contribution in [0, 0.1) is 0 Å². The first kappa shape index (κ1) is 19.0. The normalized spacial score (nSPS) is 10.7. The number of carbonyl (C=O) groups is 1. The van der Waals surface area contributed by atoms with E-state index in [4.69, 9.17) is 4.74 Å². The quantitative estimate of drug-likeness (QED) is 0.665. The summed E-state index contributed by atoms with van der Waals surface area (Å²) in [5.41, 5.74) is 2.09. The fourth-order valence-corrected chi connectivity index (χ4v) is 2.61. The topological polar surface area (TPSA) is 41.6 Å². The second-order valence-corrected chi connectivity index (χ2v) is 6.13. The number of ether oxygens (including phenoxy) is 1. The molecule has 2 rings (SSSR count). The van der Waals surface area contributed by atoms with Crippen molar-refractivity contribution in [2.45, 2.75) is 26.2 Å². The second-order valence-electron chi connectivity index (χ2n) is 6.13. The van der Waals surface area contributed by atoms with Crippen molar-refractivity contribution in [2.24, 2.45) is 0 Å². The van der Waals surface area contributed by atoms with Crippen molar-refractivity contribution < 1.29 is 9.53 Å². The van der Waals surface area contributed by atoms with Crippen LogP contribution >= 0.6 is 0 Å². The van der Waals surface area contributed by atoms with E-state index in [1.807, 2.05) is 55.6 Å². The van der Waals surface area contributed by atoms with Crippen LogP contribution in [-0.2, 0) is 11.2 Å². The molecule has 2 aromatic rings. The van der Waals surface area contributed by atoms with Crippen LogP contribution in [0.25, 0.3) is 0 Å². The Labute approximate surface area is 150 Å². The van der Waals surface area contributed by atoms with Crippen molar-refractivity contribution in [3.8, 4) is 5.75 Å². The van der Waals surface area contributed by atoms with Crippen molar-refractivity contribution in [3.05, 3.63) is 60.2 Å². The molecule has 0 fully saturated rings. The smallest absolute Gasteiger partial charge is 0.225 e. The highest BCUT2D eigenvalue weighted by atomic mass is 16.5. The molecule has 1 amide bonds. The van der Waals surface area contributed by atoms with Gasteiger partial charge in [0.1, 0.15) is 5.75 Å². The van der Waals surface area contributed by atoms with Gasteiger partial charge in [0.25, 0.3) is 0 Å². The molecule has 0 atom stereocenters. The average Bonchev–Trinajstić information content (AvgIpc) is 2.65. The number of nitrogens with zero attached hydrogens (tertiary/aromatic N) is 1. The van der Waals surface area contributed by atoms with E-state index in [2.05, 4.69) is 23.2 Å². The van der Waals surface area contributed by atoms with Crippen LogP contribution in [0.3, 0.4) is 0 Å². The maximum atomic E-state index is 12.1. The third-order valence-corrected chi connectivity index (χ3v) is 4.09. The van der Waals surface area contributed by atoms with Crippen molar-refractivity contribution >= 4 is 11.6 Å². The van der Waals surface area contributed by atoms with Gasteiger partial charge in [-0.25, -0.2) is 0 Å². The number of anilines is 1. The van der Waals surface area contributed by atoms with Crippen LogP contribution in [0.1, 0.15) is 25.3 Å². The van der Waals surface area contributed by atoms with E-state index in [-0.39, 0.29) is 5.91 Å². The maximum absolute atomic E-state index is 12.1. The Morgan fingerprint density at radius 2 is 1.76 bits per heavy atom. The molecule has 25 heavy (non-hydrogen) atoms. The van der Waals surface area contributed by atoms with Gasteiger partial charge in [0, 0.05) is 25.2 Å². The van der Waals surface area contributed by atoms with E-state index >= 15 is 0 Å². The molecule has 0 spiro atoms. The largest absolute Gasteiger partial charge is 0.494 e. The molecule has 4 heteroatoms. The Morgan fingerprint density at radius 1 is 1.04 bits per heavy atom. The van der Waals surface area contributed by atoms with Crippen molar-refractivity contribution in [1.82, 2.24) is 4.90 Å². The van der Waals surface area contributed by atoms with E-state index in [9.17, 15) is 4.79 Å². The standard InChI is InChI=1S/C21H28N2O2/c1-3-18-10-7-8-13-20(18)22-21(24)14-16-23(2)15-9-17-25-19-11-5-4-6-12-19/h4-8,10-13H,3,9,14-17H2,1-2H3,(H,22,24). The number of benzene rings is 2. The summed E-state index contributed by atoms with van der Waals surface area (Å²) in [7, 11) is 2.04. The number of amides is 1. The van der Waals surface area contributed by atoms with Gasteiger partial charge in [-0.15, -0.1) is 0 Å². The number of para-hydroxylation sites is 2. The summed E-state index contributed by atoms with van der Waals surface area (Å²) >= 11 is 0.